The average Bonchev–Trinajstić information content (AvgIpc) is 2.24. The zero-order valence-corrected chi connectivity index (χ0v) is 11.5. The zero-order chi connectivity index (χ0) is 12.7. The maximum atomic E-state index is 5.06. The Labute approximate surface area is 99.8 Å². The monoisotopic (exact) mass is 230 g/mol. The first-order chi connectivity index (χ1) is 7.38. The molecule has 0 aliphatic heterocycles. The third kappa shape index (κ3) is 6.07. The van der Waals surface area contributed by atoms with E-state index in [1.165, 1.54) is 0 Å². The number of rotatable bonds is 8. The summed E-state index contributed by atoms with van der Waals surface area (Å²) in [7, 11) is 11.7. The molecule has 5 heteroatoms. The first-order valence-electron chi connectivity index (χ1n) is 5.41. The van der Waals surface area contributed by atoms with E-state index in [-0.39, 0.29) is 0 Å². The molecule has 0 radical (unpaired) electrons. The molecule has 0 saturated carbocycles. The molecule has 0 bridgehead atoms. The Hall–Kier alpha value is -0.620. The molecule has 0 N–H and O–H groups in total. The van der Waals surface area contributed by atoms with Crippen molar-refractivity contribution >= 4 is 0 Å². The van der Waals surface area contributed by atoms with Gasteiger partial charge in [-0.2, -0.15) is 5.06 Å². The summed E-state index contributed by atoms with van der Waals surface area (Å²) in [5, 5.41) is 5.86. The van der Waals surface area contributed by atoms with E-state index < -0.39 is 0 Å². The molecule has 0 spiro atoms. The van der Waals surface area contributed by atoms with Crippen LogP contribution in [0.15, 0.2) is 12.3 Å². The second kappa shape index (κ2) is 7.62. The molecule has 0 saturated heterocycles. The summed E-state index contributed by atoms with van der Waals surface area (Å²) < 4.78 is 0. The van der Waals surface area contributed by atoms with Crippen molar-refractivity contribution in [1.29, 1.82) is 0 Å². The summed E-state index contributed by atoms with van der Waals surface area (Å²) in [6, 6.07) is 0. The Morgan fingerprint density at radius 1 is 1.06 bits per heavy atom. The van der Waals surface area contributed by atoms with Crippen molar-refractivity contribution in [2.75, 3.05) is 62.0 Å². The number of likely N-dealkylation sites (N-methyl/N-ethyl adjacent to an activating group) is 3. The van der Waals surface area contributed by atoms with Gasteiger partial charge in [-0.1, -0.05) is 6.58 Å². The first kappa shape index (κ1) is 15.4. The Morgan fingerprint density at radius 3 is 2.06 bits per heavy atom. The van der Waals surface area contributed by atoms with Gasteiger partial charge in [0.25, 0.3) is 0 Å². The van der Waals surface area contributed by atoms with Crippen LogP contribution in [-0.2, 0) is 4.84 Å². The van der Waals surface area contributed by atoms with Gasteiger partial charge in [-0.3, -0.25) is 4.90 Å². The second-order valence-corrected chi connectivity index (χ2v) is 4.21. The van der Waals surface area contributed by atoms with E-state index in [2.05, 4.69) is 18.5 Å². The SMILES string of the molecule is C=C(CN(C)CCN(C)OC)N(C)N(C)C. The quantitative estimate of drug-likeness (QED) is 0.559. The lowest BCUT2D eigenvalue weighted by atomic mass is 10.4. The minimum absolute atomic E-state index is 0.853. The van der Waals surface area contributed by atoms with Gasteiger partial charge in [-0.25, -0.2) is 5.01 Å². The van der Waals surface area contributed by atoms with Gasteiger partial charge in [0.1, 0.15) is 0 Å². The van der Waals surface area contributed by atoms with E-state index in [1.807, 2.05) is 43.3 Å². The number of hydrazine groups is 1. The van der Waals surface area contributed by atoms with E-state index in [0.717, 1.165) is 25.3 Å². The molecule has 0 rings (SSSR count). The van der Waals surface area contributed by atoms with Crippen molar-refractivity contribution in [3.8, 4) is 0 Å². The van der Waals surface area contributed by atoms with Gasteiger partial charge in [-0.15, -0.1) is 0 Å². The molecule has 0 aliphatic rings. The van der Waals surface area contributed by atoms with Crippen LogP contribution in [0.2, 0.25) is 0 Å². The Morgan fingerprint density at radius 2 is 1.62 bits per heavy atom. The highest BCUT2D eigenvalue weighted by Crippen LogP contribution is 2.01. The molecule has 0 fully saturated rings. The predicted octanol–water partition coefficient (Wildman–Crippen LogP) is 0.334. The molecule has 0 aromatic heterocycles. The van der Waals surface area contributed by atoms with E-state index in [1.54, 1.807) is 7.11 Å². The number of nitrogens with zero attached hydrogens (tertiary/aromatic N) is 4. The fourth-order valence-electron chi connectivity index (χ4n) is 1.18. The largest absolute Gasteiger partial charge is 0.313 e. The van der Waals surface area contributed by atoms with Crippen molar-refractivity contribution in [2.45, 2.75) is 0 Å². The number of hydroxylamine groups is 2. The highest BCUT2D eigenvalue weighted by Gasteiger charge is 2.08. The van der Waals surface area contributed by atoms with E-state index in [9.17, 15) is 0 Å². The van der Waals surface area contributed by atoms with Crippen molar-refractivity contribution in [3.63, 3.8) is 0 Å². The number of hydrogen-bond acceptors (Lipinski definition) is 5. The standard InChI is InChI=1S/C11H26N4O/c1-11(15(6)12(2)3)10-13(4)8-9-14(5)16-7/h1,8-10H2,2-7H3. The van der Waals surface area contributed by atoms with Crippen LogP contribution >= 0.6 is 0 Å². The molecule has 96 valence electrons. The predicted molar refractivity (Wildman–Crippen MR) is 67.7 cm³/mol. The van der Waals surface area contributed by atoms with Gasteiger partial charge in [0.05, 0.1) is 7.11 Å². The van der Waals surface area contributed by atoms with Crippen LogP contribution in [0.5, 0.6) is 0 Å². The van der Waals surface area contributed by atoms with Crippen LogP contribution < -0.4 is 0 Å². The maximum absolute atomic E-state index is 5.06. The lowest BCUT2D eigenvalue weighted by molar-refractivity contribution is -0.111. The second-order valence-electron chi connectivity index (χ2n) is 4.21. The summed E-state index contributed by atoms with van der Waals surface area (Å²) in [5.74, 6) is 0. The third-order valence-electron chi connectivity index (χ3n) is 2.62. The highest BCUT2D eigenvalue weighted by atomic mass is 16.7. The summed E-state index contributed by atoms with van der Waals surface area (Å²) in [6.45, 7) is 6.74. The Balaban J connectivity index is 3.87. The maximum Gasteiger partial charge on any atom is 0.0575 e. The minimum Gasteiger partial charge on any atom is -0.313 e. The zero-order valence-electron chi connectivity index (χ0n) is 11.5. The molecule has 0 aliphatic carbocycles. The molecule has 0 unspecified atom stereocenters. The van der Waals surface area contributed by atoms with Crippen molar-refractivity contribution in [1.82, 2.24) is 20.0 Å². The van der Waals surface area contributed by atoms with Gasteiger partial charge in [-0.05, 0) is 7.05 Å². The van der Waals surface area contributed by atoms with Crippen molar-refractivity contribution < 1.29 is 4.84 Å². The summed E-state index contributed by atoms with van der Waals surface area (Å²) in [4.78, 5) is 7.28. The van der Waals surface area contributed by atoms with Crippen LogP contribution in [0.3, 0.4) is 0 Å². The summed E-state index contributed by atoms with van der Waals surface area (Å²) in [6.07, 6.45) is 0. The molecule has 16 heavy (non-hydrogen) atoms. The van der Waals surface area contributed by atoms with Crippen LogP contribution in [0, 0.1) is 0 Å². The molecule has 0 heterocycles. The molecular formula is C11H26N4O. The van der Waals surface area contributed by atoms with Crippen LogP contribution in [0.1, 0.15) is 0 Å². The highest BCUT2D eigenvalue weighted by molar-refractivity contribution is 4.93. The first-order valence-corrected chi connectivity index (χ1v) is 5.41. The van der Waals surface area contributed by atoms with Gasteiger partial charge in [0.15, 0.2) is 0 Å². The molecule has 0 aromatic rings. The summed E-state index contributed by atoms with van der Waals surface area (Å²) in [5.41, 5.74) is 1.08. The molecule has 5 nitrogen and oxygen atoms in total. The molecule has 0 atom stereocenters. The van der Waals surface area contributed by atoms with E-state index >= 15 is 0 Å². The van der Waals surface area contributed by atoms with Crippen molar-refractivity contribution in [2.24, 2.45) is 0 Å². The van der Waals surface area contributed by atoms with E-state index in [4.69, 9.17) is 4.84 Å². The Bertz CT molecular complexity index is 208. The van der Waals surface area contributed by atoms with Gasteiger partial charge >= 0.3 is 0 Å². The molecular weight excluding hydrogens is 204 g/mol. The van der Waals surface area contributed by atoms with Crippen LogP contribution in [-0.4, -0.2) is 82.0 Å². The lowest BCUT2D eigenvalue weighted by Gasteiger charge is -2.31. The third-order valence-corrected chi connectivity index (χ3v) is 2.62. The number of hydrogen-bond donors (Lipinski definition) is 0. The van der Waals surface area contributed by atoms with E-state index in [0.29, 0.717) is 0 Å². The molecule has 0 aromatic carbocycles. The van der Waals surface area contributed by atoms with Gasteiger partial charge in [0, 0.05) is 53.5 Å². The van der Waals surface area contributed by atoms with Crippen LogP contribution in [0.25, 0.3) is 0 Å². The summed E-state index contributed by atoms with van der Waals surface area (Å²) >= 11 is 0. The fraction of sp³-hybridized carbons (Fsp3) is 0.818. The smallest absolute Gasteiger partial charge is 0.0575 e. The fourth-order valence-corrected chi connectivity index (χ4v) is 1.18. The van der Waals surface area contributed by atoms with Gasteiger partial charge < -0.3 is 9.85 Å². The van der Waals surface area contributed by atoms with Crippen LogP contribution in [0.4, 0.5) is 0 Å². The average molecular weight is 230 g/mol. The lowest BCUT2D eigenvalue weighted by Crippen LogP contribution is -2.38. The van der Waals surface area contributed by atoms with Crippen molar-refractivity contribution in [3.05, 3.63) is 12.3 Å². The minimum atomic E-state index is 0.853. The Kier molecular flexibility index (Phi) is 7.33. The molecule has 0 amide bonds. The van der Waals surface area contributed by atoms with Gasteiger partial charge in [0.2, 0.25) is 0 Å². The topological polar surface area (TPSA) is 22.2 Å². The normalized spacial score (nSPS) is 11.6.